The van der Waals surface area contributed by atoms with Crippen LogP contribution >= 0.6 is 0 Å². The van der Waals surface area contributed by atoms with E-state index < -0.39 is 6.10 Å². The minimum absolute atomic E-state index is 0.223. The average Bonchev–Trinajstić information content (AvgIpc) is 2.66. The molecule has 4 heteroatoms. The van der Waals surface area contributed by atoms with Crippen molar-refractivity contribution >= 4 is 22.4 Å². The highest BCUT2D eigenvalue weighted by atomic mass is 16.5. The van der Waals surface area contributed by atoms with E-state index in [1.807, 2.05) is 54.6 Å². The number of carbonyl (C=O) groups excluding carboxylic acids is 1. The molecule has 1 N–H and O–H groups in total. The highest BCUT2D eigenvalue weighted by molar-refractivity contribution is 5.94. The lowest BCUT2D eigenvalue weighted by atomic mass is 10.1. The molecule has 1 amide bonds. The van der Waals surface area contributed by atoms with Crippen LogP contribution < -0.4 is 14.8 Å². The fraction of sp³-hybridized carbons (Fsp3) is 0.136. The monoisotopic (exact) mass is 347 g/mol. The van der Waals surface area contributed by atoms with Gasteiger partial charge in [0.15, 0.2) is 6.10 Å². The van der Waals surface area contributed by atoms with Gasteiger partial charge in [-0.1, -0.05) is 49.1 Å². The van der Waals surface area contributed by atoms with Gasteiger partial charge in [0.25, 0.3) is 5.91 Å². The minimum Gasteiger partial charge on any atom is -0.489 e. The highest BCUT2D eigenvalue weighted by Crippen LogP contribution is 2.22. The Kier molecular flexibility index (Phi) is 5.54. The van der Waals surface area contributed by atoms with Crippen molar-refractivity contribution in [2.24, 2.45) is 0 Å². The topological polar surface area (TPSA) is 47.6 Å². The molecule has 0 aliphatic carbocycles. The highest BCUT2D eigenvalue weighted by Gasteiger charge is 2.15. The molecular weight excluding hydrogens is 326 g/mol. The summed E-state index contributed by atoms with van der Waals surface area (Å²) in [5.41, 5.74) is 0.658. The summed E-state index contributed by atoms with van der Waals surface area (Å²) >= 11 is 0. The molecule has 1 atom stereocenters. The van der Waals surface area contributed by atoms with Gasteiger partial charge >= 0.3 is 0 Å². The van der Waals surface area contributed by atoms with Crippen molar-refractivity contribution in [2.45, 2.75) is 13.0 Å². The number of anilines is 1. The number of benzene rings is 3. The normalized spacial score (nSPS) is 11.6. The Labute approximate surface area is 153 Å². The van der Waals surface area contributed by atoms with Crippen LogP contribution in [0.4, 0.5) is 5.69 Å². The number of rotatable bonds is 7. The zero-order valence-corrected chi connectivity index (χ0v) is 14.6. The van der Waals surface area contributed by atoms with Crippen LogP contribution in [0.15, 0.2) is 79.4 Å². The van der Waals surface area contributed by atoms with Crippen LogP contribution in [-0.4, -0.2) is 18.6 Å². The second kappa shape index (κ2) is 8.21. The molecule has 132 valence electrons. The maximum atomic E-state index is 12.4. The molecule has 0 aliphatic heterocycles. The molecule has 0 saturated heterocycles. The second-order valence-corrected chi connectivity index (χ2v) is 5.89. The molecule has 3 aromatic carbocycles. The Bertz CT molecular complexity index is 920. The quantitative estimate of drug-likeness (QED) is 0.624. The van der Waals surface area contributed by atoms with Gasteiger partial charge in [-0.2, -0.15) is 0 Å². The summed E-state index contributed by atoms with van der Waals surface area (Å²) in [6, 6.07) is 21.0. The summed E-state index contributed by atoms with van der Waals surface area (Å²) in [5, 5.41) is 5.05. The summed E-state index contributed by atoms with van der Waals surface area (Å²) in [4.78, 5) is 12.4. The fourth-order valence-corrected chi connectivity index (χ4v) is 2.56. The molecule has 0 saturated carbocycles. The van der Waals surface area contributed by atoms with Gasteiger partial charge in [0.1, 0.15) is 18.1 Å². The molecule has 3 aromatic rings. The van der Waals surface area contributed by atoms with Crippen LogP contribution in [-0.2, 0) is 4.79 Å². The number of carbonyl (C=O) groups is 1. The Morgan fingerprint density at radius 1 is 1.04 bits per heavy atom. The first kappa shape index (κ1) is 17.5. The average molecular weight is 347 g/mol. The molecule has 0 unspecified atom stereocenters. The van der Waals surface area contributed by atoms with Gasteiger partial charge in [-0.15, -0.1) is 0 Å². The summed E-state index contributed by atoms with van der Waals surface area (Å²) in [7, 11) is 0. The molecule has 0 heterocycles. The summed E-state index contributed by atoms with van der Waals surface area (Å²) < 4.78 is 11.3. The van der Waals surface area contributed by atoms with Gasteiger partial charge in [0, 0.05) is 11.8 Å². The number of hydrogen-bond donors (Lipinski definition) is 1. The first-order valence-electron chi connectivity index (χ1n) is 8.46. The van der Waals surface area contributed by atoms with Crippen LogP contribution in [0.1, 0.15) is 6.92 Å². The van der Waals surface area contributed by atoms with Gasteiger partial charge in [-0.25, -0.2) is 0 Å². The Hall–Kier alpha value is -3.27. The lowest BCUT2D eigenvalue weighted by Crippen LogP contribution is -2.30. The standard InChI is InChI=1S/C22H21NO3/c1-3-13-25-20-10-6-9-19(15-20)23-22(24)16(2)26-21-12-11-17-7-4-5-8-18(17)14-21/h3-12,14-16H,1,13H2,2H3,(H,23,24)/t16-/m1/s1. The molecule has 0 fully saturated rings. The van der Waals surface area contributed by atoms with E-state index in [-0.39, 0.29) is 5.91 Å². The summed E-state index contributed by atoms with van der Waals surface area (Å²) in [6.07, 6.45) is 1.04. The van der Waals surface area contributed by atoms with Crippen LogP contribution in [0, 0.1) is 0 Å². The van der Waals surface area contributed by atoms with Gasteiger partial charge in [-0.05, 0) is 42.0 Å². The van der Waals surface area contributed by atoms with E-state index >= 15 is 0 Å². The molecule has 0 bridgehead atoms. The van der Waals surface area contributed by atoms with Gasteiger partial charge in [0.2, 0.25) is 0 Å². The number of nitrogens with one attached hydrogen (secondary N) is 1. The molecule has 0 radical (unpaired) electrons. The van der Waals surface area contributed by atoms with Gasteiger partial charge in [-0.3, -0.25) is 4.79 Å². The lowest BCUT2D eigenvalue weighted by molar-refractivity contribution is -0.122. The third kappa shape index (κ3) is 4.42. The minimum atomic E-state index is -0.631. The zero-order valence-electron chi connectivity index (χ0n) is 14.6. The Morgan fingerprint density at radius 2 is 1.85 bits per heavy atom. The largest absolute Gasteiger partial charge is 0.489 e. The molecule has 0 aliphatic rings. The Balaban J connectivity index is 1.64. The van der Waals surface area contributed by atoms with E-state index in [0.29, 0.717) is 23.8 Å². The van der Waals surface area contributed by atoms with Gasteiger partial charge < -0.3 is 14.8 Å². The lowest BCUT2D eigenvalue weighted by Gasteiger charge is -2.15. The van der Waals surface area contributed by atoms with Crippen molar-refractivity contribution in [3.05, 3.63) is 79.4 Å². The molecular formula is C22H21NO3. The van der Waals surface area contributed by atoms with Crippen molar-refractivity contribution < 1.29 is 14.3 Å². The van der Waals surface area contributed by atoms with E-state index in [9.17, 15) is 4.79 Å². The molecule has 4 nitrogen and oxygen atoms in total. The number of ether oxygens (including phenoxy) is 2. The van der Waals surface area contributed by atoms with Gasteiger partial charge in [0.05, 0.1) is 0 Å². The van der Waals surface area contributed by atoms with Crippen molar-refractivity contribution in [1.82, 2.24) is 0 Å². The fourth-order valence-electron chi connectivity index (χ4n) is 2.56. The van der Waals surface area contributed by atoms with Crippen molar-refractivity contribution in [3.63, 3.8) is 0 Å². The van der Waals surface area contributed by atoms with E-state index in [1.165, 1.54) is 0 Å². The molecule has 26 heavy (non-hydrogen) atoms. The van der Waals surface area contributed by atoms with Crippen molar-refractivity contribution in [1.29, 1.82) is 0 Å². The van der Waals surface area contributed by atoms with Crippen LogP contribution in [0.3, 0.4) is 0 Å². The van der Waals surface area contributed by atoms with E-state index in [0.717, 1.165) is 10.8 Å². The smallest absolute Gasteiger partial charge is 0.265 e. The molecule has 0 aromatic heterocycles. The predicted octanol–water partition coefficient (Wildman–Crippen LogP) is 4.81. The maximum Gasteiger partial charge on any atom is 0.265 e. The predicted molar refractivity (Wildman–Crippen MR) is 105 cm³/mol. The zero-order chi connectivity index (χ0) is 18.4. The van der Waals surface area contributed by atoms with Crippen molar-refractivity contribution in [2.75, 3.05) is 11.9 Å². The second-order valence-electron chi connectivity index (χ2n) is 5.89. The summed E-state index contributed by atoms with van der Waals surface area (Å²) in [5.74, 6) is 1.11. The number of fused-ring (bicyclic) bond motifs is 1. The first-order chi connectivity index (χ1) is 12.7. The van der Waals surface area contributed by atoms with E-state index in [1.54, 1.807) is 25.1 Å². The number of hydrogen-bond acceptors (Lipinski definition) is 3. The summed E-state index contributed by atoms with van der Waals surface area (Å²) in [6.45, 7) is 5.76. The third-order valence-corrected chi connectivity index (χ3v) is 3.87. The van der Waals surface area contributed by atoms with Crippen LogP contribution in [0.2, 0.25) is 0 Å². The number of amides is 1. The van der Waals surface area contributed by atoms with E-state index in [2.05, 4.69) is 11.9 Å². The Morgan fingerprint density at radius 3 is 2.65 bits per heavy atom. The maximum absolute atomic E-state index is 12.4. The molecule has 3 rings (SSSR count). The van der Waals surface area contributed by atoms with Crippen LogP contribution in [0.5, 0.6) is 11.5 Å². The van der Waals surface area contributed by atoms with Crippen LogP contribution in [0.25, 0.3) is 10.8 Å². The first-order valence-corrected chi connectivity index (χ1v) is 8.46. The third-order valence-electron chi connectivity index (χ3n) is 3.87. The van der Waals surface area contributed by atoms with E-state index in [4.69, 9.17) is 9.47 Å². The van der Waals surface area contributed by atoms with Crippen molar-refractivity contribution in [3.8, 4) is 11.5 Å². The molecule has 0 spiro atoms. The SMILES string of the molecule is C=CCOc1cccc(NC(=O)[C@@H](C)Oc2ccc3ccccc3c2)c1.